The van der Waals surface area contributed by atoms with Crippen LogP contribution in [0.2, 0.25) is 0 Å². The summed E-state index contributed by atoms with van der Waals surface area (Å²) in [5.74, 6) is 0.314. The van der Waals surface area contributed by atoms with Gasteiger partial charge in [0.15, 0.2) is 0 Å². The van der Waals surface area contributed by atoms with Crippen LogP contribution < -0.4 is 5.73 Å². The molecule has 0 radical (unpaired) electrons. The number of nitrogens with zero attached hydrogens (tertiary/aromatic N) is 2. The average molecular weight is 362 g/mol. The van der Waals surface area contributed by atoms with Gasteiger partial charge in [-0.15, -0.1) is 11.3 Å². The number of rotatable bonds is 8. The van der Waals surface area contributed by atoms with Crippen molar-refractivity contribution in [2.24, 2.45) is 16.3 Å². The highest BCUT2D eigenvalue weighted by molar-refractivity contribution is 9.11. The predicted molar refractivity (Wildman–Crippen MR) is 89.4 cm³/mol. The lowest BCUT2D eigenvalue weighted by atomic mass is 9.86. The van der Waals surface area contributed by atoms with Gasteiger partial charge in [0.1, 0.15) is 5.84 Å². The molecule has 0 spiro atoms. The van der Waals surface area contributed by atoms with Gasteiger partial charge in [0.25, 0.3) is 0 Å². The number of thiophene rings is 1. The third-order valence-corrected chi connectivity index (χ3v) is 5.02. The first-order chi connectivity index (χ1) is 9.35. The normalized spacial score (nSPS) is 13.2. The third-order valence-electron chi connectivity index (χ3n) is 3.47. The number of halogens is 1. The van der Waals surface area contributed by atoms with Crippen LogP contribution in [0.5, 0.6) is 0 Å². The summed E-state index contributed by atoms with van der Waals surface area (Å²) < 4.78 is 1.18. The number of amidine groups is 1. The van der Waals surface area contributed by atoms with Gasteiger partial charge >= 0.3 is 0 Å². The van der Waals surface area contributed by atoms with Crippen LogP contribution in [0.25, 0.3) is 0 Å². The quantitative estimate of drug-likeness (QED) is 0.243. The second-order valence-corrected chi connectivity index (χ2v) is 8.11. The molecule has 0 saturated carbocycles. The molecule has 0 aliphatic rings. The smallest absolute Gasteiger partial charge is 0.144 e. The Morgan fingerprint density at radius 2 is 2.20 bits per heavy atom. The van der Waals surface area contributed by atoms with Crippen molar-refractivity contribution >= 4 is 33.1 Å². The fourth-order valence-electron chi connectivity index (χ4n) is 2.03. The van der Waals surface area contributed by atoms with Crippen molar-refractivity contribution in [1.82, 2.24) is 4.90 Å². The van der Waals surface area contributed by atoms with E-state index in [2.05, 4.69) is 44.5 Å². The van der Waals surface area contributed by atoms with Crippen LogP contribution in [0, 0.1) is 5.41 Å². The van der Waals surface area contributed by atoms with Gasteiger partial charge in [-0.2, -0.15) is 0 Å². The highest BCUT2D eigenvalue weighted by Crippen LogP contribution is 2.24. The lowest BCUT2D eigenvalue weighted by Gasteiger charge is -2.23. The van der Waals surface area contributed by atoms with E-state index in [1.54, 1.807) is 11.3 Å². The summed E-state index contributed by atoms with van der Waals surface area (Å²) >= 11 is 5.21. The van der Waals surface area contributed by atoms with Crippen molar-refractivity contribution in [1.29, 1.82) is 0 Å². The molecule has 3 N–H and O–H groups in total. The van der Waals surface area contributed by atoms with E-state index in [1.807, 2.05) is 13.8 Å². The summed E-state index contributed by atoms with van der Waals surface area (Å²) in [6.45, 7) is 6.05. The van der Waals surface area contributed by atoms with Gasteiger partial charge in [-0.1, -0.05) is 25.4 Å². The molecular weight excluding hydrogens is 338 g/mol. The molecule has 20 heavy (non-hydrogen) atoms. The SMILES string of the molecule is CN(CCCCC(C)(C)C(N)=NO)Cc1csc(Br)c1. The number of hydrogen-bond donors (Lipinski definition) is 2. The zero-order valence-electron chi connectivity index (χ0n) is 12.4. The van der Waals surface area contributed by atoms with Crippen molar-refractivity contribution < 1.29 is 5.21 Å². The van der Waals surface area contributed by atoms with Crippen LogP contribution in [-0.2, 0) is 6.54 Å². The summed E-state index contributed by atoms with van der Waals surface area (Å²) in [5.41, 5.74) is 6.80. The number of nitrogens with two attached hydrogens (primary N) is 1. The van der Waals surface area contributed by atoms with Crippen molar-refractivity contribution in [3.05, 3.63) is 20.8 Å². The Kier molecular flexibility index (Phi) is 6.99. The molecule has 1 aromatic rings. The summed E-state index contributed by atoms with van der Waals surface area (Å²) in [6.07, 6.45) is 3.12. The molecule has 0 aromatic carbocycles. The van der Waals surface area contributed by atoms with Crippen LogP contribution in [0.15, 0.2) is 20.4 Å². The van der Waals surface area contributed by atoms with Crippen LogP contribution >= 0.6 is 27.3 Å². The molecule has 1 rings (SSSR count). The van der Waals surface area contributed by atoms with E-state index in [4.69, 9.17) is 10.9 Å². The molecule has 0 atom stereocenters. The van der Waals surface area contributed by atoms with Crippen LogP contribution in [-0.4, -0.2) is 29.5 Å². The minimum atomic E-state index is -0.231. The topological polar surface area (TPSA) is 61.8 Å². The van der Waals surface area contributed by atoms with Gasteiger partial charge in [0.2, 0.25) is 0 Å². The van der Waals surface area contributed by atoms with E-state index in [1.165, 1.54) is 9.35 Å². The predicted octanol–water partition coefficient (Wildman–Crippen LogP) is 3.89. The molecule has 6 heteroatoms. The van der Waals surface area contributed by atoms with E-state index in [0.29, 0.717) is 5.84 Å². The molecule has 0 unspecified atom stereocenters. The van der Waals surface area contributed by atoms with Gasteiger partial charge in [-0.25, -0.2) is 0 Å². The van der Waals surface area contributed by atoms with Gasteiger partial charge < -0.3 is 15.8 Å². The van der Waals surface area contributed by atoms with E-state index in [0.717, 1.165) is 32.4 Å². The Bertz CT molecular complexity index is 445. The number of unbranched alkanes of at least 4 members (excludes halogenated alkanes) is 1. The molecule has 0 bridgehead atoms. The maximum absolute atomic E-state index is 8.73. The Labute approximate surface area is 133 Å². The fourth-order valence-corrected chi connectivity index (χ4v) is 3.23. The number of hydrogen-bond acceptors (Lipinski definition) is 4. The monoisotopic (exact) mass is 361 g/mol. The van der Waals surface area contributed by atoms with E-state index < -0.39 is 0 Å². The Morgan fingerprint density at radius 1 is 1.50 bits per heavy atom. The molecule has 114 valence electrons. The molecule has 1 heterocycles. The van der Waals surface area contributed by atoms with Gasteiger partial charge in [-0.05, 0) is 59.4 Å². The van der Waals surface area contributed by atoms with Crippen LogP contribution in [0.1, 0.15) is 38.7 Å². The lowest BCUT2D eigenvalue weighted by Crippen LogP contribution is -2.32. The Balaban J connectivity index is 2.24. The van der Waals surface area contributed by atoms with E-state index >= 15 is 0 Å². The molecule has 0 aliphatic heterocycles. The van der Waals surface area contributed by atoms with Gasteiger partial charge in [0, 0.05) is 12.0 Å². The molecule has 0 amide bonds. The zero-order chi connectivity index (χ0) is 15.2. The van der Waals surface area contributed by atoms with E-state index in [-0.39, 0.29) is 5.41 Å². The van der Waals surface area contributed by atoms with Gasteiger partial charge in [0.05, 0.1) is 3.79 Å². The molecule has 0 saturated heterocycles. The Hall–Kier alpha value is -0.590. The first-order valence-corrected chi connectivity index (χ1v) is 8.42. The molecule has 1 aromatic heterocycles. The Morgan fingerprint density at radius 3 is 2.75 bits per heavy atom. The maximum Gasteiger partial charge on any atom is 0.144 e. The van der Waals surface area contributed by atoms with Crippen molar-refractivity contribution in [2.45, 2.75) is 39.7 Å². The van der Waals surface area contributed by atoms with Crippen molar-refractivity contribution in [2.75, 3.05) is 13.6 Å². The highest BCUT2D eigenvalue weighted by atomic mass is 79.9. The highest BCUT2D eigenvalue weighted by Gasteiger charge is 2.22. The third kappa shape index (κ3) is 5.81. The first kappa shape index (κ1) is 17.5. The lowest BCUT2D eigenvalue weighted by molar-refractivity contribution is 0.295. The van der Waals surface area contributed by atoms with Crippen LogP contribution in [0.4, 0.5) is 0 Å². The molecular formula is C14H24BrN3OS. The average Bonchev–Trinajstić information content (AvgIpc) is 2.79. The maximum atomic E-state index is 8.73. The standard InChI is InChI=1S/C14H24BrN3OS/c1-14(2,13(16)17-19)6-4-5-7-18(3)9-11-8-12(15)20-10-11/h8,10,19H,4-7,9H2,1-3H3,(H2,16,17). The minimum absolute atomic E-state index is 0.231. The van der Waals surface area contributed by atoms with E-state index in [9.17, 15) is 0 Å². The second-order valence-electron chi connectivity index (χ2n) is 5.82. The summed E-state index contributed by atoms with van der Waals surface area (Å²) in [7, 11) is 2.14. The summed E-state index contributed by atoms with van der Waals surface area (Å²) in [5, 5.41) is 14.0. The van der Waals surface area contributed by atoms with Crippen molar-refractivity contribution in [3.63, 3.8) is 0 Å². The second kappa shape index (κ2) is 8.00. The van der Waals surface area contributed by atoms with Crippen molar-refractivity contribution in [3.8, 4) is 0 Å². The van der Waals surface area contributed by atoms with Gasteiger partial charge in [-0.3, -0.25) is 0 Å². The summed E-state index contributed by atoms with van der Waals surface area (Å²) in [6, 6.07) is 2.17. The zero-order valence-corrected chi connectivity index (χ0v) is 14.8. The largest absolute Gasteiger partial charge is 0.409 e. The number of oxime groups is 1. The summed E-state index contributed by atoms with van der Waals surface area (Å²) in [4.78, 5) is 2.32. The minimum Gasteiger partial charge on any atom is -0.409 e. The first-order valence-electron chi connectivity index (χ1n) is 6.74. The molecule has 4 nitrogen and oxygen atoms in total. The fraction of sp³-hybridized carbons (Fsp3) is 0.643. The van der Waals surface area contributed by atoms with Crippen LogP contribution in [0.3, 0.4) is 0 Å². The molecule has 0 fully saturated rings. The molecule has 0 aliphatic carbocycles.